The summed E-state index contributed by atoms with van der Waals surface area (Å²) in [5.41, 5.74) is -0.531. The minimum Gasteiger partial charge on any atom is -0.379 e. The van der Waals surface area contributed by atoms with Crippen molar-refractivity contribution >= 4 is 29.0 Å². The fraction of sp³-hybridized carbons (Fsp3) is 0.438. The summed E-state index contributed by atoms with van der Waals surface area (Å²) in [6.07, 6.45) is 0. The third kappa shape index (κ3) is 5.03. The predicted octanol–water partition coefficient (Wildman–Crippen LogP) is 1.43. The number of rotatable bonds is 7. The second-order valence-corrected chi connectivity index (χ2v) is 7.05. The molecule has 0 atom stereocenters. The fourth-order valence-corrected chi connectivity index (χ4v) is 3.36. The second kappa shape index (κ2) is 9.08. The van der Waals surface area contributed by atoms with Crippen LogP contribution in [-0.4, -0.2) is 62.6 Å². The quantitative estimate of drug-likeness (QED) is 0.414. The molecule has 1 aromatic carbocycles. The highest BCUT2D eigenvalue weighted by molar-refractivity contribution is 7.99. The average Bonchev–Trinajstić information content (AvgIpc) is 3.02. The van der Waals surface area contributed by atoms with Gasteiger partial charge in [-0.3, -0.25) is 19.8 Å². The molecule has 0 saturated carbocycles. The largest absolute Gasteiger partial charge is 0.379 e. The topological polar surface area (TPSA) is 115 Å². The van der Waals surface area contributed by atoms with Crippen molar-refractivity contribution in [3.8, 4) is 0 Å². The van der Waals surface area contributed by atoms with E-state index < -0.39 is 16.4 Å². The van der Waals surface area contributed by atoms with Gasteiger partial charge in [0.1, 0.15) is 5.82 Å². The van der Waals surface area contributed by atoms with Crippen LogP contribution in [0.1, 0.15) is 5.82 Å². The molecule has 1 amide bonds. The molecular formula is C16H19FN6O4S. The fourth-order valence-electron chi connectivity index (χ4n) is 2.63. The van der Waals surface area contributed by atoms with Crippen LogP contribution in [0, 0.1) is 15.9 Å². The maximum Gasteiger partial charge on any atom is 0.306 e. The molecule has 2 aromatic rings. The van der Waals surface area contributed by atoms with E-state index >= 15 is 0 Å². The highest BCUT2D eigenvalue weighted by Crippen LogP contribution is 2.22. The van der Waals surface area contributed by atoms with Crippen molar-refractivity contribution in [3.05, 3.63) is 40.0 Å². The number of thioether (sulfide) groups is 1. The molecule has 1 fully saturated rings. The molecule has 3 rings (SSSR count). The molecule has 0 bridgehead atoms. The van der Waals surface area contributed by atoms with Crippen LogP contribution < -0.4 is 5.32 Å². The number of anilines is 1. The minimum absolute atomic E-state index is 0.0364. The maximum absolute atomic E-state index is 13.4. The summed E-state index contributed by atoms with van der Waals surface area (Å²) in [4.78, 5) is 24.3. The summed E-state index contributed by atoms with van der Waals surface area (Å²) in [6, 6.07) is 3.20. The lowest BCUT2D eigenvalue weighted by atomic mass is 10.2. The van der Waals surface area contributed by atoms with Crippen molar-refractivity contribution < 1.29 is 18.8 Å². The molecule has 0 spiro atoms. The number of nitro benzene ring substituents is 1. The molecule has 28 heavy (non-hydrogen) atoms. The summed E-state index contributed by atoms with van der Waals surface area (Å²) < 4.78 is 20.5. The number of hydrogen-bond donors (Lipinski definition) is 1. The monoisotopic (exact) mass is 410 g/mol. The van der Waals surface area contributed by atoms with Gasteiger partial charge in [0.2, 0.25) is 11.7 Å². The first-order valence-corrected chi connectivity index (χ1v) is 9.47. The number of carbonyl (C=O) groups is 1. The molecule has 10 nitrogen and oxygen atoms in total. The van der Waals surface area contributed by atoms with Gasteiger partial charge in [-0.05, 0) is 12.1 Å². The van der Waals surface area contributed by atoms with E-state index in [0.29, 0.717) is 24.9 Å². The lowest BCUT2D eigenvalue weighted by Crippen LogP contribution is -2.36. The summed E-state index contributed by atoms with van der Waals surface area (Å²) in [5, 5.41) is 22.2. The van der Waals surface area contributed by atoms with Gasteiger partial charge in [0.05, 0.1) is 30.4 Å². The van der Waals surface area contributed by atoms with Gasteiger partial charge < -0.3 is 14.6 Å². The number of benzene rings is 1. The Labute approximate surface area is 164 Å². The van der Waals surface area contributed by atoms with Crippen molar-refractivity contribution in [1.29, 1.82) is 0 Å². The van der Waals surface area contributed by atoms with Crippen molar-refractivity contribution in [3.63, 3.8) is 0 Å². The molecule has 0 aliphatic carbocycles. The summed E-state index contributed by atoms with van der Waals surface area (Å²) in [7, 11) is 1.83. The molecule has 1 aliphatic rings. The van der Waals surface area contributed by atoms with Gasteiger partial charge >= 0.3 is 5.69 Å². The second-order valence-electron chi connectivity index (χ2n) is 6.11. The normalized spacial score (nSPS) is 14.8. The van der Waals surface area contributed by atoms with Crippen LogP contribution in [0.4, 0.5) is 15.8 Å². The molecule has 0 unspecified atom stereocenters. The SMILES string of the molecule is Cn1c(CN2CCOCC2)nnc1SCC(=O)Nc1ccc(F)c([N+](=O)[O-])c1. The maximum atomic E-state index is 13.4. The summed E-state index contributed by atoms with van der Waals surface area (Å²) in [5.74, 6) is -0.513. The Balaban J connectivity index is 1.55. The highest BCUT2D eigenvalue weighted by Gasteiger charge is 2.18. The number of halogens is 1. The Morgan fingerprint density at radius 1 is 1.39 bits per heavy atom. The van der Waals surface area contributed by atoms with Crippen LogP contribution in [0.5, 0.6) is 0 Å². The zero-order chi connectivity index (χ0) is 20.1. The van der Waals surface area contributed by atoms with Crippen LogP contribution >= 0.6 is 11.8 Å². The van der Waals surface area contributed by atoms with E-state index in [-0.39, 0.29) is 17.3 Å². The van der Waals surface area contributed by atoms with Gasteiger partial charge in [0.15, 0.2) is 5.16 Å². The predicted molar refractivity (Wildman–Crippen MR) is 99.5 cm³/mol. The number of amides is 1. The van der Waals surface area contributed by atoms with E-state index in [9.17, 15) is 19.3 Å². The molecule has 2 heterocycles. The van der Waals surface area contributed by atoms with E-state index in [2.05, 4.69) is 20.4 Å². The van der Waals surface area contributed by atoms with E-state index in [1.807, 2.05) is 11.6 Å². The molecule has 1 saturated heterocycles. The molecule has 1 aromatic heterocycles. The lowest BCUT2D eigenvalue weighted by Gasteiger charge is -2.25. The number of ether oxygens (including phenoxy) is 1. The number of nitrogens with zero attached hydrogens (tertiary/aromatic N) is 5. The van der Waals surface area contributed by atoms with E-state index in [4.69, 9.17) is 4.74 Å². The molecule has 1 N–H and O–H groups in total. The molecule has 150 valence electrons. The Morgan fingerprint density at radius 3 is 2.86 bits per heavy atom. The Hall–Kier alpha value is -2.57. The third-order valence-corrected chi connectivity index (χ3v) is 5.17. The van der Waals surface area contributed by atoms with Crippen molar-refractivity contribution in [2.45, 2.75) is 11.7 Å². The van der Waals surface area contributed by atoms with Gasteiger partial charge in [0, 0.05) is 31.9 Å². The van der Waals surface area contributed by atoms with Crippen molar-refractivity contribution in [2.24, 2.45) is 7.05 Å². The van der Waals surface area contributed by atoms with Gasteiger partial charge in [-0.2, -0.15) is 4.39 Å². The van der Waals surface area contributed by atoms with Crippen LogP contribution in [0.15, 0.2) is 23.4 Å². The van der Waals surface area contributed by atoms with Crippen LogP contribution in [0.2, 0.25) is 0 Å². The minimum atomic E-state index is -0.954. The molecule has 0 radical (unpaired) electrons. The van der Waals surface area contributed by atoms with Crippen LogP contribution in [0.3, 0.4) is 0 Å². The number of aromatic nitrogens is 3. The smallest absolute Gasteiger partial charge is 0.306 e. The van der Waals surface area contributed by atoms with Gasteiger partial charge in [-0.25, -0.2) is 0 Å². The highest BCUT2D eigenvalue weighted by atomic mass is 32.2. The molecule has 12 heteroatoms. The van der Waals surface area contributed by atoms with Crippen molar-refractivity contribution in [2.75, 3.05) is 37.4 Å². The zero-order valence-corrected chi connectivity index (χ0v) is 15.9. The number of carbonyl (C=O) groups excluding carboxylic acids is 1. The number of morpholine rings is 1. The Bertz CT molecular complexity index is 871. The number of hydrogen-bond acceptors (Lipinski definition) is 8. The Morgan fingerprint density at radius 2 is 2.14 bits per heavy atom. The zero-order valence-electron chi connectivity index (χ0n) is 15.1. The van der Waals surface area contributed by atoms with Gasteiger partial charge in [-0.1, -0.05) is 11.8 Å². The molecule has 1 aliphatic heterocycles. The van der Waals surface area contributed by atoms with Crippen LogP contribution in [0.25, 0.3) is 0 Å². The third-order valence-electron chi connectivity index (χ3n) is 4.15. The first kappa shape index (κ1) is 20.2. The lowest BCUT2D eigenvalue weighted by molar-refractivity contribution is -0.387. The summed E-state index contributed by atoms with van der Waals surface area (Å²) in [6.45, 7) is 3.71. The summed E-state index contributed by atoms with van der Waals surface area (Å²) >= 11 is 1.20. The standard InChI is InChI=1S/C16H19FN6O4S/c1-21-14(9-22-4-6-27-7-5-22)19-20-16(21)28-10-15(24)18-11-2-3-12(17)13(8-11)23(25)26/h2-3,8H,4-7,9-10H2,1H3,(H,18,24). The molecular weight excluding hydrogens is 391 g/mol. The number of nitro groups is 1. The average molecular weight is 410 g/mol. The van der Waals surface area contributed by atoms with E-state index in [0.717, 1.165) is 31.0 Å². The number of nitrogens with one attached hydrogen (secondary N) is 1. The first-order chi connectivity index (χ1) is 13.4. The van der Waals surface area contributed by atoms with Gasteiger partial charge in [0.25, 0.3) is 0 Å². The first-order valence-electron chi connectivity index (χ1n) is 8.49. The van der Waals surface area contributed by atoms with Crippen molar-refractivity contribution in [1.82, 2.24) is 19.7 Å². The van der Waals surface area contributed by atoms with Gasteiger partial charge in [-0.15, -0.1) is 10.2 Å². The van der Waals surface area contributed by atoms with E-state index in [1.54, 1.807) is 0 Å². The van der Waals surface area contributed by atoms with Crippen LogP contribution in [-0.2, 0) is 23.1 Å². The van der Waals surface area contributed by atoms with E-state index in [1.165, 1.54) is 17.8 Å². The Kier molecular flexibility index (Phi) is 6.54.